The molecule has 0 fully saturated rings. The Kier molecular flexibility index (Phi) is 2.55. The maximum Gasteiger partial charge on any atom is 0.433 e. The summed E-state index contributed by atoms with van der Waals surface area (Å²) in [5.41, 5.74) is -0.105. The van der Waals surface area contributed by atoms with Gasteiger partial charge in [0.25, 0.3) is 0 Å². The molecule has 2 heterocycles. The van der Waals surface area contributed by atoms with Crippen molar-refractivity contribution in [2.24, 2.45) is 0 Å². The molecule has 4 nitrogen and oxygen atoms in total. The van der Waals surface area contributed by atoms with Crippen LogP contribution in [0.2, 0.25) is 0 Å². The number of hydrogen-bond donors (Lipinski definition) is 1. The van der Waals surface area contributed by atoms with Gasteiger partial charge in [0, 0.05) is 18.8 Å². The molecule has 0 aliphatic heterocycles. The van der Waals surface area contributed by atoms with Crippen LogP contribution in [0.5, 0.6) is 0 Å². The van der Waals surface area contributed by atoms with Crippen molar-refractivity contribution in [1.82, 2.24) is 19.9 Å². The number of rotatable bonds is 2. The Morgan fingerprint density at radius 2 is 2.19 bits per heavy atom. The van der Waals surface area contributed by atoms with Gasteiger partial charge >= 0.3 is 6.18 Å². The van der Waals surface area contributed by atoms with E-state index in [2.05, 4.69) is 15.4 Å². The molecule has 0 unspecified atom stereocenters. The van der Waals surface area contributed by atoms with Gasteiger partial charge in [-0.25, -0.2) is 9.50 Å². The number of nitrogens with one attached hydrogen (secondary N) is 1. The van der Waals surface area contributed by atoms with Crippen molar-refractivity contribution in [2.75, 3.05) is 7.05 Å². The quantitative estimate of drug-likeness (QED) is 0.849. The van der Waals surface area contributed by atoms with Crippen LogP contribution < -0.4 is 5.32 Å². The molecule has 2 rings (SSSR count). The van der Waals surface area contributed by atoms with Gasteiger partial charge in [0.1, 0.15) is 5.69 Å². The predicted octanol–water partition coefficient (Wildman–Crippen LogP) is 1.47. The number of fused-ring (bicyclic) bond motifs is 1. The van der Waals surface area contributed by atoms with E-state index in [1.54, 1.807) is 7.05 Å². The Labute approximate surface area is 89.1 Å². The average Bonchev–Trinajstić information content (AvgIpc) is 2.58. The Balaban J connectivity index is 2.59. The fourth-order valence-electron chi connectivity index (χ4n) is 1.42. The molecular formula is C9H9F3N4. The minimum Gasteiger partial charge on any atom is -0.314 e. The summed E-state index contributed by atoms with van der Waals surface area (Å²) in [6.45, 7) is 0.403. The second-order valence-corrected chi connectivity index (χ2v) is 3.26. The first-order valence-corrected chi connectivity index (χ1v) is 4.58. The molecule has 0 aromatic carbocycles. The monoisotopic (exact) mass is 230 g/mol. The lowest BCUT2D eigenvalue weighted by Crippen LogP contribution is -2.13. The van der Waals surface area contributed by atoms with Crippen molar-refractivity contribution in [2.45, 2.75) is 12.7 Å². The number of aromatic nitrogens is 3. The fourth-order valence-corrected chi connectivity index (χ4v) is 1.42. The summed E-state index contributed by atoms with van der Waals surface area (Å²) in [5.74, 6) is 0. The summed E-state index contributed by atoms with van der Waals surface area (Å²) in [5, 5.41) is 6.66. The van der Waals surface area contributed by atoms with Crippen molar-refractivity contribution >= 4 is 5.65 Å². The first kappa shape index (κ1) is 10.9. The zero-order valence-corrected chi connectivity index (χ0v) is 8.41. The number of nitrogens with zero attached hydrogens (tertiary/aromatic N) is 3. The summed E-state index contributed by atoms with van der Waals surface area (Å²) in [6.07, 6.45) is -3.30. The zero-order valence-electron chi connectivity index (χ0n) is 8.41. The van der Waals surface area contributed by atoms with Gasteiger partial charge in [-0.3, -0.25) is 0 Å². The van der Waals surface area contributed by atoms with Crippen molar-refractivity contribution in [3.63, 3.8) is 0 Å². The van der Waals surface area contributed by atoms with Crippen molar-refractivity contribution in [1.29, 1.82) is 0 Å². The van der Waals surface area contributed by atoms with Gasteiger partial charge in [0.2, 0.25) is 0 Å². The van der Waals surface area contributed by atoms with Gasteiger partial charge in [-0.15, -0.1) is 0 Å². The highest BCUT2D eigenvalue weighted by atomic mass is 19.4. The summed E-state index contributed by atoms with van der Waals surface area (Å²) in [6, 6.07) is 2.43. The van der Waals surface area contributed by atoms with E-state index in [-0.39, 0.29) is 5.65 Å². The van der Waals surface area contributed by atoms with Gasteiger partial charge in [-0.1, -0.05) is 0 Å². The largest absolute Gasteiger partial charge is 0.433 e. The van der Waals surface area contributed by atoms with Crippen LogP contribution in [0.25, 0.3) is 5.65 Å². The Hall–Kier alpha value is -1.63. The van der Waals surface area contributed by atoms with Crippen LogP contribution in [-0.4, -0.2) is 21.6 Å². The molecule has 0 saturated heterocycles. The van der Waals surface area contributed by atoms with E-state index < -0.39 is 11.9 Å². The molecule has 0 atom stereocenters. The summed E-state index contributed by atoms with van der Waals surface area (Å²) >= 11 is 0. The molecule has 0 aliphatic carbocycles. The zero-order chi connectivity index (χ0) is 11.8. The second-order valence-electron chi connectivity index (χ2n) is 3.26. The molecule has 16 heavy (non-hydrogen) atoms. The molecule has 0 bridgehead atoms. The Morgan fingerprint density at radius 1 is 1.44 bits per heavy atom. The molecule has 86 valence electrons. The molecule has 0 spiro atoms. The van der Waals surface area contributed by atoms with Gasteiger partial charge in [0.15, 0.2) is 5.65 Å². The van der Waals surface area contributed by atoms with E-state index in [0.29, 0.717) is 12.2 Å². The summed E-state index contributed by atoms with van der Waals surface area (Å²) in [4.78, 5) is 3.83. The molecule has 0 amide bonds. The van der Waals surface area contributed by atoms with Crippen LogP contribution in [0.1, 0.15) is 11.4 Å². The van der Waals surface area contributed by atoms with E-state index in [1.165, 1.54) is 6.07 Å². The topological polar surface area (TPSA) is 42.2 Å². The highest BCUT2D eigenvalue weighted by Gasteiger charge is 2.34. The smallest absolute Gasteiger partial charge is 0.314 e. The Bertz CT molecular complexity index is 503. The molecule has 7 heteroatoms. The van der Waals surface area contributed by atoms with Gasteiger partial charge in [-0.2, -0.15) is 18.3 Å². The van der Waals surface area contributed by atoms with Crippen molar-refractivity contribution in [3.8, 4) is 0 Å². The molecule has 0 saturated carbocycles. The summed E-state index contributed by atoms with van der Waals surface area (Å²) < 4.78 is 38.6. The van der Waals surface area contributed by atoms with Crippen LogP contribution in [0.4, 0.5) is 13.2 Å². The van der Waals surface area contributed by atoms with Crippen molar-refractivity contribution < 1.29 is 13.2 Å². The first-order chi connectivity index (χ1) is 7.52. The lowest BCUT2D eigenvalue weighted by molar-refractivity contribution is -0.142. The SMILES string of the molecule is CNCc1cc2nccc(C(F)(F)F)n2n1. The molecule has 2 aromatic heterocycles. The maximum atomic E-state index is 12.6. The average molecular weight is 230 g/mol. The third kappa shape index (κ3) is 1.85. The fraction of sp³-hybridized carbons (Fsp3) is 0.333. The number of hydrogen-bond acceptors (Lipinski definition) is 3. The van der Waals surface area contributed by atoms with E-state index in [1.807, 2.05) is 0 Å². The van der Waals surface area contributed by atoms with Crippen LogP contribution in [0, 0.1) is 0 Å². The van der Waals surface area contributed by atoms with E-state index >= 15 is 0 Å². The number of halogens is 3. The van der Waals surface area contributed by atoms with Crippen molar-refractivity contribution in [3.05, 3.63) is 29.7 Å². The normalized spacial score (nSPS) is 12.2. The molecular weight excluding hydrogens is 221 g/mol. The van der Waals surface area contributed by atoms with Crippen LogP contribution in [0.15, 0.2) is 18.3 Å². The van der Waals surface area contributed by atoms with E-state index in [0.717, 1.165) is 16.8 Å². The lowest BCUT2D eigenvalue weighted by Gasteiger charge is -2.07. The highest BCUT2D eigenvalue weighted by Crippen LogP contribution is 2.28. The van der Waals surface area contributed by atoms with Crippen LogP contribution in [0.3, 0.4) is 0 Å². The molecule has 1 N–H and O–H groups in total. The van der Waals surface area contributed by atoms with Gasteiger partial charge in [-0.05, 0) is 13.1 Å². The highest BCUT2D eigenvalue weighted by molar-refractivity contribution is 5.40. The third-order valence-corrected chi connectivity index (χ3v) is 2.06. The predicted molar refractivity (Wildman–Crippen MR) is 50.8 cm³/mol. The first-order valence-electron chi connectivity index (χ1n) is 4.58. The van der Waals surface area contributed by atoms with E-state index in [4.69, 9.17) is 0 Å². The van der Waals surface area contributed by atoms with Gasteiger partial charge in [0.05, 0.1) is 5.69 Å². The van der Waals surface area contributed by atoms with Gasteiger partial charge < -0.3 is 5.32 Å². The number of alkyl halides is 3. The maximum absolute atomic E-state index is 12.6. The standard InChI is InChI=1S/C9H9F3N4/c1-13-5-6-4-8-14-3-2-7(9(10,11)12)16(8)15-6/h2-4,13H,5H2,1H3. The van der Waals surface area contributed by atoms with E-state index in [9.17, 15) is 13.2 Å². The molecule has 2 aromatic rings. The lowest BCUT2D eigenvalue weighted by atomic mass is 10.4. The summed E-state index contributed by atoms with van der Waals surface area (Å²) in [7, 11) is 1.70. The minimum absolute atomic E-state index is 0.195. The second kappa shape index (κ2) is 3.75. The minimum atomic E-state index is -4.43. The van der Waals surface area contributed by atoms with Crippen LogP contribution in [-0.2, 0) is 12.7 Å². The third-order valence-electron chi connectivity index (χ3n) is 2.06. The van der Waals surface area contributed by atoms with Crippen LogP contribution >= 0.6 is 0 Å². The molecule has 0 aliphatic rings. The Morgan fingerprint density at radius 3 is 2.81 bits per heavy atom. The molecule has 0 radical (unpaired) electrons.